The van der Waals surface area contributed by atoms with Gasteiger partial charge in [0.15, 0.2) is 0 Å². The molecule has 0 atom stereocenters. The number of pyridine rings is 1. The van der Waals surface area contributed by atoms with Crippen molar-refractivity contribution in [2.45, 2.75) is 6.92 Å². The van der Waals surface area contributed by atoms with Crippen LogP contribution in [0, 0.1) is 6.92 Å². The molecule has 0 amide bonds. The molecule has 0 saturated carbocycles. The Morgan fingerprint density at radius 2 is 2.11 bits per heavy atom. The van der Waals surface area contributed by atoms with Gasteiger partial charge in [0.25, 0.3) is 0 Å². The third-order valence-electron chi connectivity index (χ3n) is 2.78. The molecule has 1 heterocycles. The van der Waals surface area contributed by atoms with E-state index < -0.39 is 5.97 Å². The molecule has 5 heteroatoms. The number of anilines is 3. The highest BCUT2D eigenvalue weighted by Gasteiger charge is 2.09. The third kappa shape index (κ3) is 2.82. The molecule has 2 aromatic rings. The zero-order valence-electron chi connectivity index (χ0n) is 10.8. The summed E-state index contributed by atoms with van der Waals surface area (Å²) in [5.74, 6) is -0.397. The zero-order valence-corrected chi connectivity index (χ0v) is 10.8. The molecule has 98 valence electrons. The third-order valence-corrected chi connectivity index (χ3v) is 2.78. The Balaban J connectivity index is 2.34. The van der Waals surface area contributed by atoms with Gasteiger partial charge in [-0.05, 0) is 36.8 Å². The topological polar surface area (TPSA) is 77.2 Å². The summed E-state index contributed by atoms with van der Waals surface area (Å²) in [4.78, 5) is 15.5. The number of nitrogens with one attached hydrogen (secondary N) is 1. The molecule has 0 radical (unpaired) electrons. The first kappa shape index (κ1) is 12.9. The van der Waals surface area contributed by atoms with E-state index in [1.54, 1.807) is 30.6 Å². The van der Waals surface area contributed by atoms with Gasteiger partial charge < -0.3 is 15.8 Å². The lowest BCUT2D eigenvalue weighted by atomic mass is 10.1. The van der Waals surface area contributed by atoms with Crippen molar-refractivity contribution in [1.82, 2.24) is 4.98 Å². The van der Waals surface area contributed by atoms with Crippen LogP contribution in [-0.2, 0) is 4.74 Å². The minimum absolute atomic E-state index is 0.397. The number of aryl methyl sites for hydroxylation is 1. The summed E-state index contributed by atoms with van der Waals surface area (Å²) in [6, 6.07) is 6.85. The van der Waals surface area contributed by atoms with Gasteiger partial charge in [0, 0.05) is 6.20 Å². The normalized spacial score (nSPS) is 10.0. The molecule has 0 spiro atoms. The Bertz CT molecular complexity index is 611. The van der Waals surface area contributed by atoms with Crippen LogP contribution in [0.25, 0.3) is 0 Å². The molecule has 2 rings (SSSR count). The van der Waals surface area contributed by atoms with Crippen LogP contribution in [0.1, 0.15) is 15.9 Å². The quantitative estimate of drug-likeness (QED) is 0.652. The van der Waals surface area contributed by atoms with E-state index in [-0.39, 0.29) is 0 Å². The fourth-order valence-electron chi connectivity index (χ4n) is 1.65. The number of benzene rings is 1. The smallest absolute Gasteiger partial charge is 0.337 e. The Kier molecular flexibility index (Phi) is 3.66. The summed E-state index contributed by atoms with van der Waals surface area (Å²) in [6.45, 7) is 1.96. The molecule has 0 saturated heterocycles. The van der Waals surface area contributed by atoms with E-state index in [2.05, 4.69) is 15.0 Å². The molecule has 1 aromatic carbocycles. The van der Waals surface area contributed by atoms with E-state index in [1.165, 1.54) is 7.11 Å². The van der Waals surface area contributed by atoms with Gasteiger partial charge in [-0.2, -0.15) is 0 Å². The number of ether oxygens (including phenoxy) is 1. The van der Waals surface area contributed by atoms with Crippen molar-refractivity contribution in [3.8, 4) is 0 Å². The number of aromatic nitrogens is 1. The van der Waals surface area contributed by atoms with Crippen LogP contribution in [-0.4, -0.2) is 18.1 Å². The molecule has 3 N–H and O–H groups in total. The molecule has 0 bridgehead atoms. The van der Waals surface area contributed by atoms with Gasteiger partial charge in [-0.25, -0.2) is 4.79 Å². The number of hydrogen-bond acceptors (Lipinski definition) is 5. The summed E-state index contributed by atoms with van der Waals surface area (Å²) in [5.41, 5.74) is 9.43. The first-order valence-electron chi connectivity index (χ1n) is 5.77. The Hall–Kier alpha value is -2.56. The van der Waals surface area contributed by atoms with Crippen LogP contribution in [0.5, 0.6) is 0 Å². The standard InChI is InChI=1S/C14H15N3O2/c1-9-5-6-16-8-13(9)17-12-7-10(14(18)19-2)3-4-11(12)15/h3-8,17H,15H2,1-2H3. The highest BCUT2D eigenvalue weighted by molar-refractivity contribution is 5.92. The molecule has 0 fully saturated rings. The van der Waals surface area contributed by atoms with E-state index in [1.807, 2.05) is 13.0 Å². The van der Waals surface area contributed by atoms with Gasteiger partial charge in [0.1, 0.15) is 0 Å². The van der Waals surface area contributed by atoms with Gasteiger partial charge in [0.05, 0.1) is 35.9 Å². The summed E-state index contributed by atoms with van der Waals surface area (Å²) >= 11 is 0. The first-order chi connectivity index (χ1) is 9.11. The van der Waals surface area contributed by atoms with Crippen molar-refractivity contribution in [3.05, 3.63) is 47.8 Å². The Morgan fingerprint density at radius 1 is 1.32 bits per heavy atom. The average molecular weight is 257 g/mol. The number of methoxy groups -OCH3 is 1. The predicted molar refractivity (Wildman–Crippen MR) is 74.5 cm³/mol. The van der Waals surface area contributed by atoms with Crippen molar-refractivity contribution < 1.29 is 9.53 Å². The molecule has 5 nitrogen and oxygen atoms in total. The van der Waals surface area contributed by atoms with Crippen molar-refractivity contribution >= 4 is 23.0 Å². The second-order valence-corrected chi connectivity index (χ2v) is 4.11. The van der Waals surface area contributed by atoms with Crippen molar-refractivity contribution in [1.29, 1.82) is 0 Å². The van der Waals surface area contributed by atoms with Crippen LogP contribution in [0.3, 0.4) is 0 Å². The highest BCUT2D eigenvalue weighted by Crippen LogP contribution is 2.25. The molecule has 0 aliphatic carbocycles. The van der Waals surface area contributed by atoms with Gasteiger partial charge in [-0.1, -0.05) is 0 Å². The highest BCUT2D eigenvalue weighted by atomic mass is 16.5. The number of carbonyl (C=O) groups is 1. The van der Waals surface area contributed by atoms with E-state index in [0.717, 1.165) is 11.3 Å². The SMILES string of the molecule is COC(=O)c1ccc(N)c(Nc2cnccc2C)c1. The second-order valence-electron chi connectivity index (χ2n) is 4.11. The lowest BCUT2D eigenvalue weighted by Gasteiger charge is -2.12. The van der Waals surface area contributed by atoms with Gasteiger partial charge in [-0.15, -0.1) is 0 Å². The number of nitrogen functional groups attached to an aromatic ring is 1. The number of nitrogens with zero attached hydrogens (tertiary/aromatic N) is 1. The maximum Gasteiger partial charge on any atom is 0.337 e. The van der Waals surface area contributed by atoms with Crippen LogP contribution in [0.2, 0.25) is 0 Å². The number of hydrogen-bond donors (Lipinski definition) is 2. The van der Waals surface area contributed by atoms with Gasteiger partial charge in [-0.3, -0.25) is 4.98 Å². The number of rotatable bonds is 3. The van der Waals surface area contributed by atoms with Crippen LogP contribution >= 0.6 is 0 Å². The van der Waals surface area contributed by atoms with Crippen molar-refractivity contribution in [3.63, 3.8) is 0 Å². The van der Waals surface area contributed by atoms with E-state index in [9.17, 15) is 4.79 Å². The summed E-state index contributed by atoms with van der Waals surface area (Å²) in [6.07, 6.45) is 3.42. The maximum absolute atomic E-state index is 11.5. The molecular formula is C14H15N3O2. The minimum atomic E-state index is -0.397. The summed E-state index contributed by atoms with van der Waals surface area (Å²) in [7, 11) is 1.34. The number of nitrogens with two attached hydrogens (primary N) is 1. The monoisotopic (exact) mass is 257 g/mol. The van der Waals surface area contributed by atoms with Crippen molar-refractivity contribution in [2.75, 3.05) is 18.2 Å². The molecule has 0 unspecified atom stereocenters. The molecular weight excluding hydrogens is 242 g/mol. The average Bonchev–Trinajstić information content (AvgIpc) is 2.42. The number of carbonyl (C=O) groups excluding carboxylic acids is 1. The lowest BCUT2D eigenvalue weighted by Crippen LogP contribution is -2.04. The number of esters is 1. The fourth-order valence-corrected chi connectivity index (χ4v) is 1.65. The second kappa shape index (κ2) is 5.39. The predicted octanol–water partition coefficient (Wildman–Crippen LogP) is 2.50. The Labute approximate surface area is 111 Å². The summed E-state index contributed by atoms with van der Waals surface area (Å²) < 4.78 is 4.69. The minimum Gasteiger partial charge on any atom is -0.465 e. The molecule has 0 aliphatic heterocycles. The maximum atomic E-state index is 11.5. The largest absolute Gasteiger partial charge is 0.465 e. The van der Waals surface area contributed by atoms with Crippen LogP contribution in [0.4, 0.5) is 17.1 Å². The zero-order chi connectivity index (χ0) is 13.8. The first-order valence-corrected chi connectivity index (χ1v) is 5.77. The van der Waals surface area contributed by atoms with E-state index >= 15 is 0 Å². The molecule has 1 aromatic heterocycles. The van der Waals surface area contributed by atoms with Crippen LogP contribution in [0.15, 0.2) is 36.7 Å². The van der Waals surface area contributed by atoms with Crippen molar-refractivity contribution in [2.24, 2.45) is 0 Å². The summed E-state index contributed by atoms with van der Waals surface area (Å²) in [5, 5.41) is 3.16. The van der Waals surface area contributed by atoms with E-state index in [0.29, 0.717) is 16.9 Å². The van der Waals surface area contributed by atoms with Crippen LogP contribution < -0.4 is 11.1 Å². The lowest BCUT2D eigenvalue weighted by molar-refractivity contribution is 0.0601. The fraction of sp³-hybridized carbons (Fsp3) is 0.143. The molecule has 0 aliphatic rings. The molecule has 19 heavy (non-hydrogen) atoms. The van der Waals surface area contributed by atoms with Gasteiger partial charge >= 0.3 is 5.97 Å². The van der Waals surface area contributed by atoms with Gasteiger partial charge in [0.2, 0.25) is 0 Å². The van der Waals surface area contributed by atoms with E-state index in [4.69, 9.17) is 5.73 Å². The Morgan fingerprint density at radius 3 is 2.79 bits per heavy atom.